The van der Waals surface area contributed by atoms with Gasteiger partial charge in [0, 0.05) is 25.2 Å². The lowest BCUT2D eigenvalue weighted by Crippen LogP contribution is -2.19. The molecule has 0 radical (unpaired) electrons. The maximum absolute atomic E-state index is 5.77. The van der Waals surface area contributed by atoms with Gasteiger partial charge in [-0.3, -0.25) is 0 Å². The Morgan fingerprint density at radius 3 is 2.50 bits per heavy atom. The standard InChI is InChI=1S/C18H22N4/c1-21(2)11-12-22-17-6-4-3-5-16(17)20-18(22)13-14-7-9-15(19)10-8-14/h3-10H,11-13,19H2,1-2H3. The molecule has 0 saturated carbocycles. The minimum absolute atomic E-state index is 0.796. The summed E-state index contributed by atoms with van der Waals surface area (Å²) in [7, 11) is 4.19. The third kappa shape index (κ3) is 3.12. The zero-order chi connectivity index (χ0) is 15.5. The molecule has 2 N–H and O–H groups in total. The van der Waals surface area contributed by atoms with Crippen LogP contribution in [0.3, 0.4) is 0 Å². The smallest absolute Gasteiger partial charge is 0.114 e. The Bertz CT molecular complexity index is 756. The predicted octanol–water partition coefficient (Wildman–Crippen LogP) is 2.77. The normalized spacial score (nSPS) is 11.4. The number of fused-ring (bicyclic) bond motifs is 1. The van der Waals surface area contributed by atoms with Gasteiger partial charge in [-0.2, -0.15) is 0 Å². The van der Waals surface area contributed by atoms with E-state index in [0.717, 1.165) is 36.5 Å². The Labute approximate surface area is 131 Å². The van der Waals surface area contributed by atoms with E-state index in [1.807, 2.05) is 18.2 Å². The van der Waals surface area contributed by atoms with E-state index in [-0.39, 0.29) is 0 Å². The third-order valence-electron chi connectivity index (χ3n) is 3.85. The fourth-order valence-electron chi connectivity index (χ4n) is 2.63. The largest absolute Gasteiger partial charge is 0.399 e. The van der Waals surface area contributed by atoms with E-state index in [1.165, 1.54) is 11.1 Å². The quantitative estimate of drug-likeness (QED) is 0.736. The molecule has 1 heterocycles. The highest BCUT2D eigenvalue weighted by Crippen LogP contribution is 2.19. The number of rotatable bonds is 5. The van der Waals surface area contributed by atoms with E-state index < -0.39 is 0 Å². The summed E-state index contributed by atoms with van der Waals surface area (Å²) in [5.41, 5.74) is 10.1. The molecular weight excluding hydrogens is 272 g/mol. The molecule has 0 aliphatic carbocycles. The van der Waals surface area contributed by atoms with Crippen LogP contribution in [0.25, 0.3) is 11.0 Å². The summed E-state index contributed by atoms with van der Waals surface area (Å²) in [6.45, 7) is 1.94. The van der Waals surface area contributed by atoms with Crippen molar-refractivity contribution >= 4 is 16.7 Å². The molecule has 1 aromatic heterocycles. The van der Waals surface area contributed by atoms with Gasteiger partial charge in [0.1, 0.15) is 5.82 Å². The molecule has 0 aliphatic heterocycles. The van der Waals surface area contributed by atoms with Crippen molar-refractivity contribution in [2.75, 3.05) is 26.4 Å². The van der Waals surface area contributed by atoms with Crippen LogP contribution in [0.1, 0.15) is 11.4 Å². The minimum Gasteiger partial charge on any atom is -0.399 e. The summed E-state index contributed by atoms with van der Waals surface area (Å²) in [6.07, 6.45) is 0.822. The van der Waals surface area contributed by atoms with Crippen LogP contribution in [-0.2, 0) is 13.0 Å². The lowest BCUT2D eigenvalue weighted by molar-refractivity contribution is 0.384. The van der Waals surface area contributed by atoms with Crippen molar-refractivity contribution in [2.45, 2.75) is 13.0 Å². The molecular formula is C18H22N4. The summed E-state index contributed by atoms with van der Waals surface area (Å²) in [6, 6.07) is 16.4. The van der Waals surface area contributed by atoms with E-state index in [0.29, 0.717) is 0 Å². The molecule has 0 atom stereocenters. The molecule has 0 spiro atoms. The second kappa shape index (κ2) is 6.20. The number of hydrogen-bond acceptors (Lipinski definition) is 3. The van der Waals surface area contributed by atoms with Gasteiger partial charge in [0.25, 0.3) is 0 Å². The fraction of sp³-hybridized carbons (Fsp3) is 0.278. The number of anilines is 1. The number of imidazole rings is 1. The maximum atomic E-state index is 5.77. The Morgan fingerprint density at radius 2 is 1.77 bits per heavy atom. The Balaban J connectivity index is 1.96. The molecule has 0 unspecified atom stereocenters. The summed E-state index contributed by atoms with van der Waals surface area (Å²) < 4.78 is 2.33. The third-order valence-corrected chi connectivity index (χ3v) is 3.85. The first-order chi connectivity index (χ1) is 10.6. The van der Waals surface area contributed by atoms with Gasteiger partial charge in [0.15, 0.2) is 0 Å². The molecule has 0 bridgehead atoms. The molecule has 114 valence electrons. The Morgan fingerprint density at radius 1 is 1.05 bits per heavy atom. The van der Waals surface area contributed by atoms with Crippen LogP contribution in [0.5, 0.6) is 0 Å². The van der Waals surface area contributed by atoms with Crippen molar-refractivity contribution in [3.8, 4) is 0 Å². The van der Waals surface area contributed by atoms with Crippen molar-refractivity contribution < 1.29 is 0 Å². The number of aromatic nitrogens is 2. The summed E-state index contributed by atoms with van der Waals surface area (Å²) in [4.78, 5) is 7.02. The molecule has 4 heteroatoms. The lowest BCUT2D eigenvalue weighted by atomic mass is 10.1. The number of nitrogen functional groups attached to an aromatic ring is 1. The molecule has 0 saturated heterocycles. The second-order valence-electron chi connectivity index (χ2n) is 5.89. The summed E-state index contributed by atoms with van der Waals surface area (Å²) in [5, 5.41) is 0. The first kappa shape index (κ1) is 14.6. The molecule has 0 fully saturated rings. The van der Waals surface area contributed by atoms with Crippen molar-refractivity contribution in [2.24, 2.45) is 0 Å². The molecule has 3 aromatic rings. The van der Waals surface area contributed by atoms with Gasteiger partial charge in [-0.25, -0.2) is 4.98 Å². The number of benzene rings is 2. The Kier molecular flexibility index (Phi) is 4.11. The van der Waals surface area contributed by atoms with Crippen LogP contribution in [-0.4, -0.2) is 35.1 Å². The SMILES string of the molecule is CN(C)CCn1c(Cc2ccc(N)cc2)nc2ccccc21. The minimum atomic E-state index is 0.796. The summed E-state index contributed by atoms with van der Waals surface area (Å²) in [5.74, 6) is 1.10. The van der Waals surface area contributed by atoms with E-state index in [1.54, 1.807) is 0 Å². The molecule has 2 aromatic carbocycles. The van der Waals surface area contributed by atoms with Gasteiger partial charge in [0.05, 0.1) is 11.0 Å². The average molecular weight is 294 g/mol. The molecule has 0 aliphatic rings. The van der Waals surface area contributed by atoms with E-state index in [9.17, 15) is 0 Å². The van der Waals surface area contributed by atoms with Crippen molar-refractivity contribution in [3.63, 3.8) is 0 Å². The molecule has 22 heavy (non-hydrogen) atoms. The number of para-hydroxylation sites is 2. The predicted molar refractivity (Wildman–Crippen MR) is 91.9 cm³/mol. The van der Waals surface area contributed by atoms with Crippen molar-refractivity contribution in [3.05, 3.63) is 59.9 Å². The molecule has 3 rings (SSSR count). The average Bonchev–Trinajstić information content (AvgIpc) is 2.85. The topological polar surface area (TPSA) is 47.1 Å². The lowest BCUT2D eigenvalue weighted by Gasteiger charge is -2.13. The Hall–Kier alpha value is -2.33. The van der Waals surface area contributed by atoms with Crippen LogP contribution in [0.2, 0.25) is 0 Å². The van der Waals surface area contributed by atoms with Crippen LogP contribution in [0, 0.1) is 0 Å². The van der Waals surface area contributed by atoms with Crippen molar-refractivity contribution in [1.29, 1.82) is 0 Å². The zero-order valence-corrected chi connectivity index (χ0v) is 13.2. The number of likely N-dealkylation sites (N-methyl/N-ethyl adjacent to an activating group) is 1. The van der Waals surface area contributed by atoms with E-state index in [2.05, 4.69) is 53.9 Å². The highest BCUT2D eigenvalue weighted by atomic mass is 15.1. The van der Waals surface area contributed by atoms with Crippen LogP contribution in [0.15, 0.2) is 48.5 Å². The van der Waals surface area contributed by atoms with Gasteiger partial charge < -0.3 is 15.2 Å². The number of nitrogens with zero attached hydrogens (tertiary/aromatic N) is 3. The fourth-order valence-corrected chi connectivity index (χ4v) is 2.63. The first-order valence-electron chi connectivity index (χ1n) is 7.57. The van der Waals surface area contributed by atoms with Gasteiger partial charge in [-0.05, 0) is 43.9 Å². The maximum Gasteiger partial charge on any atom is 0.114 e. The van der Waals surface area contributed by atoms with Gasteiger partial charge in [-0.15, -0.1) is 0 Å². The van der Waals surface area contributed by atoms with E-state index in [4.69, 9.17) is 10.7 Å². The van der Waals surface area contributed by atoms with Gasteiger partial charge in [0.2, 0.25) is 0 Å². The molecule has 0 amide bonds. The number of hydrogen-bond donors (Lipinski definition) is 1. The zero-order valence-electron chi connectivity index (χ0n) is 13.2. The highest BCUT2D eigenvalue weighted by molar-refractivity contribution is 5.76. The highest BCUT2D eigenvalue weighted by Gasteiger charge is 2.11. The van der Waals surface area contributed by atoms with Crippen LogP contribution < -0.4 is 5.73 Å². The van der Waals surface area contributed by atoms with Crippen LogP contribution in [0.4, 0.5) is 5.69 Å². The van der Waals surface area contributed by atoms with E-state index >= 15 is 0 Å². The van der Waals surface area contributed by atoms with Crippen molar-refractivity contribution in [1.82, 2.24) is 14.5 Å². The van der Waals surface area contributed by atoms with Crippen LogP contribution >= 0.6 is 0 Å². The van der Waals surface area contributed by atoms with Gasteiger partial charge >= 0.3 is 0 Å². The monoisotopic (exact) mass is 294 g/mol. The first-order valence-corrected chi connectivity index (χ1v) is 7.57. The second-order valence-corrected chi connectivity index (χ2v) is 5.89. The van der Waals surface area contributed by atoms with Gasteiger partial charge in [-0.1, -0.05) is 24.3 Å². The number of nitrogens with two attached hydrogens (primary N) is 1. The summed E-state index contributed by atoms with van der Waals surface area (Å²) >= 11 is 0. The molecule has 4 nitrogen and oxygen atoms in total.